The molecule has 0 aliphatic heterocycles. The van der Waals surface area contributed by atoms with Crippen LogP contribution in [-0.2, 0) is 0 Å². The summed E-state index contributed by atoms with van der Waals surface area (Å²) in [5.74, 6) is 1.93. The summed E-state index contributed by atoms with van der Waals surface area (Å²) in [7, 11) is 1.64. The lowest BCUT2D eigenvalue weighted by atomic mass is 10.2. The number of aromatic nitrogens is 4. The molecule has 3 aromatic carbocycles. The van der Waals surface area contributed by atoms with E-state index in [1.807, 2.05) is 66.7 Å². The lowest BCUT2D eigenvalue weighted by Crippen LogP contribution is -2.03. The van der Waals surface area contributed by atoms with Gasteiger partial charge < -0.3 is 15.4 Å². The fourth-order valence-electron chi connectivity index (χ4n) is 3.25. The predicted octanol–water partition coefficient (Wildman–Crippen LogP) is 5.00. The van der Waals surface area contributed by atoms with Crippen LogP contribution in [0.2, 0.25) is 0 Å². The molecular formula is C22H18N6O. The van der Waals surface area contributed by atoms with E-state index in [1.165, 1.54) is 0 Å². The highest BCUT2D eigenvalue weighted by Crippen LogP contribution is 2.30. The maximum absolute atomic E-state index is 5.42. The Hall–Kier alpha value is -4.13. The van der Waals surface area contributed by atoms with Crippen molar-refractivity contribution in [1.82, 2.24) is 20.2 Å². The van der Waals surface area contributed by atoms with Gasteiger partial charge in [-0.05, 0) is 42.5 Å². The zero-order valence-electron chi connectivity index (χ0n) is 15.7. The Morgan fingerprint density at radius 3 is 2.69 bits per heavy atom. The molecule has 0 amide bonds. The van der Waals surface area contributed by atoms with Gasteiger partial charge in [-0.25, -0.2) is 4.98 Å². The van der Waals surface area contributed by atoms with Crippen molar-refractivity contribution in [2.45, 2.75) is 0 Å². The van der Waals surface area contributed by atoms with Crippen LogP contribution in [0.4, 0.5) is 23.1 Å². The van der Waals surface area contributed by atoms with Gasteiger partial charge in [-0.1, -0.05) is 24.3 Å². The first-order chi connectivity index (χ1) is 14.3. The van der Waals surface area contributed by atoms with E-state index >= 15 is 0 Å². The number of hydrogen-bond donors (Lipinski definition) is 3. The molecule has 0 aliphatic rings. The monoisotopic (exact) mass is 382 g/mol. The summed E-state index contributed by atoms with van der Waals surface area (Å²) in [6.07, 6.45) is 1.80. The average molecular weight is 382 g/mol. The third kappa shape index (κ3) is 3.29. The molecule has 0 fully saturated rings. The second-order valence-corrected chi connectivity index (χ2v) is 6.54. The Morgan fingerprint density at radius 1 is 0.897 bits per heavy atom. The topological polar surface area (TPSA) is 87.8 Å². The predicted molar refractivity (Wildman–Crippen MR) is 115 cm³/mol. The van der Waals surface area contributed by atoms with Crippen LogP contribution in [0.1, 0.15) is 0 Å². The number of aromatic amines is 1. The summed E-state index contributed by atoms with van der Waals surface area (Å²) >= 11 is 0. The molecule has 7 heteroatoms. The molecule has 0 unspecified atom stereocenters. The number of methoxy groups -OCH3 is 1. The van der Waals surface area contributed by atoms with Crippen molar-refractivity contribution in [1.29, 1.82) is 0 Å². The van der Waals surface area contributed by atoms with Crippen LogP contribution >= 0.6 is 0 Å². The van der Waals surface area contributed by atoms with Gasteiger partial charge in [-0.15, -0.1) is 0 Å². The summed E-state index contributed by atoms with van der Waals surface area (Å²) in [6.45, 7) is 0. The number of fused-ring (bicyclic) bond motifs is 2. The molecule has 0 aliphatic carbocycles. The van der Waals surface area contributed by atoms with Gasteiger partial charge in [-0.2, -0.15) is 10.1 Å². The van der Waals surface area contributed by atoms with E-state index in [2.05, 4.69) is 25.8 Å². The average Bonchev–Trinajstić information content (AvgIpc) is 3.22. The van der Waals surface area contributed by atoms with Gasteiger partial charge in [0.15, 0.2) is 0 Å². The van der Waals surface area contributed by atoms with Crippen LogP contribution in [0.15, 0.2) is 72.9 Å². The molecule has 2 heterocycles. The van der Waals surface area contributed by atoms with Crippen LogP contribution in [0.25, 0.3) is 21.8 Å². The molecule has 2 aromatic heterocycles. The van der Waals surface area contributed by atoms with Gasteiger partial charge >= 0.3 is 0 Å². The fourth-order valence-corrected chi connectivity index (χ4v) is 3.25. The molecular weight excluding hydrogens is 364 g/mol. The van der Waals surface area contributed by atoms with Gasteiger partial charge in [0.1, 0.15) is 11.6 Å². The molecule has 5 aromatic rings. The molecule has 29 heavy (non-hydrogen) atoms. The zero-order chi connectivity index (χ0) is 19.6. The van der Waals surface area contributed by atoms with Crippen molar-refractivity contribution >= 4 is 44.9 Å². The number of para-hydroxylation sites is 3. The first kappa shape index (κ1) is 17.0. The van der Waals surface area contributed by atoms with E-state index in [4.69, 9.17) is 9.72 Å². The molecule has 142 valence electrons. The number of rotatable bonds is 5. The molecule has 0 spiro atoms. The summed E-state index contributed by atoms with van der Waals surface area (Å²) in [6, 6.07) is 21.6. The second kappa shape index (κ2) is 7.12. The molecule has 0 bridgehead atoms. The van der Waals surface area contributed by atoms with E-state index in [-0.39, 0.29) is 0 Å². The molecule has 0 radical (unpaired) electrons. The van der Waals surface area contributed by atoms with Crippen molar-refractivity contribution in [2.75, 3.05) is 17.7 Å². The Labute approximate surface area is 166 Å². The normalized spacial score (nSPS) is 10.9. The van der Waals surface area contributed by atoms with Gasteiger partial charge in [-0.3, -0.25) is 5.10 Å². The molecule has 0 atom stereocenters. The Morgan fingerprint density at radius 2 is 1.76 bits per heavy atom. The summed E-state index contributed by atoms with van der Waals surface area (Å²) in [4.78, 5) is 9.38. The minimum absolute atomic E-state index is 0.486. The first-order valence-corrected chi connectivity index (χ1v) is 9.17. The smallest absolute Gasteiger partial charge is 0.229 e. The number of benzene rings is 3. The van der Waals surface area contributed by atoms with Crippen molar-refractivity contribution in [3.05, 3.63) is 72.9 Å². The van der Waals surface area contributed by atoms with E-state index in [9.17, 15) is 0 Å². The zero-order valence-corrected chi connectivity index (χ0v) is 15.7. The largest absolute Gasteiger partial charge is 0.495 e. The fraction of sp³-hybridized carbons (Fsp3) is 0.0455. The number of hydrogen-bond acceptors (Lipinski definition) is 6. The van der Waals surface area contributed by atoms with E-state index in [1.54, 1.807) is 13.3 Å². The molecule has 3 N–H and O–H groups in total. The van der Waals surface area contributed by atoms with Gasteiger partial charge in [0.2, 0.25) is 5.95 Å². The van der Waals surface area contributed by atoms with Crippen LogP contribution in [0.5, 0.6) is 5.75 Å². The number of ether oxygens (including phenoxy) is 1. The van der Waals surface area contributed by atoms with Crippen molar-refractivity contribution in [3.63, 3.8) is 0 Å². The lowest BCUT2D eigenvalue weighted by molar-refractivity contribution is 0.417. The summed E-state index contributed by atoms with van der Waals surface area (Å²) < 4.78 is 5.42. The van der Waals surface area contributed by atoms with Crippen molar-refractivity contribution in [3.8, 4) is 5.75 Å². The Balaban J connectivity index is 1.56. The SMILES string of the molecule is COc1ccccc1Nc1nc(Nc2ccc3[nH]ncc3c2)c2ccccc2n1. The third-order valence-corrected chi connectivity index (χ3v) is 4.66. The first-order valence-electron chi connectivity index (χ1n) is 9.17. The van der Waals surface area contributed by atoms with Crippen LogP contribution in [-0.4, -0.2) is 27.3 Å². The highest BCUT2D eigenvalue weighted by molar-refractivity contribution is 5.93. The van der Waals surface area contributed by atoms with Crippen LogP contribution < -0.4 is 15.4 Å². The molecule has 0 saturated heterocycles. The standard InChI is InChI=1S/C22H18N6O/c1-29-20-9-5-4-8-19(20)26-22-25-18-7-3-2-6-16(18)21(27-22)24-15-10-11-17-14(12-15)13-23-28-17/h2-13H,1H3,(H,23,28)(H2,24,25,26,27). The minimum Gasteiger partial charge on any atom is -0.495 e. The van der Waals surface area contributed by atoms with Gasteiger partial charge in [0.05, 0.1) is 30.0 Å². The Kier molecular flexibility index (Phi) is 4.18. The van der Waals surface area contributed by atoms with Crippen molar-refractivity contribution in [2.24, 2.45) is 0 Å². The van der Waals surface area contributed by atoms with Crippen LogP contribution in [0.3, 0.4) is 0 Å². The summed E-state index contributed by atoms with van der Waals surface area (Å²) in [5, 5.41) is 15.7. The Bertz CT molecular complexity index is 1310. The van der Waals surface area contributed by atoms with E-state index < -0.39 is 0 Å². The summed E-state index contributed by atoms with van der Waals surface area (Å²) in [5.41, 5.74) is 3.55. The third-order valence-electron chi connectivity index (χ3n) is 4.66. The van der Waals surface area contributed by atoms with Crippen LogP contribution in [0, 0.1) is 0 Å². The maximum Gasteiger partial charge on any atom is 0.229 e. The molecule has 0 saturated carbocycles. The van der Waals surface area contributed by atoms with Gasteiger partial charge in [0.25, 0.3) is 0 Å². The number of nitrogens with zero attached hydrogens (tertiary/aromatic N) is 3. The minimum atomic E-state index is 0.486. The number of nitrogens with one attached hydrogen (secondary N) is 3. The maximum atomic E-state index is 5.42. The second-order valence-electron chi connectivity index (χ2n) is 6.54. The highest BCUT2D eigenvalue weighted by Gasteiger charge is 2.10. The lowest BCUT2D eigenvalue weighted by Gasteiger charge is -2.13. The van der Waals surface area contributed by atoms with Crippen molar-refractivity contribution < 1.29 is 4.74 Å². The van der Waals surface area contributed by atoms with Gasteiger partial charge in [0, 0.05) is 16.5 Å². The number of H-pyrrole nitrogens is 1. The molecule has 5 rings (SSSR count). The highest BCUT2D eigenvalue weighted by atomic mass is 16.5. The van der Waals surface area contributed by atoms with E-state index in [0.717, 1.165) is 44.7 Å². The van der Waals surface area contributed by atoms with E-state index in [0.29, 0.717) is 5.95 Å². The quantitative estimate of drug-likeness (QED) is 0.396. The molecule has 7 nitrogen and oxygen atoms in total. The number of anilines is 4.